The molecule has 1 amide bonds. The van der Waals surface area contributed by atoms with Gasteiger partial charge in [-0.25, -0.2) is 0 Å². The molecule has 0 rings (SSSR count). The number of hydrogen-bond acceptors (Lipinski definition) is 2. The van der Waals surface area contributed by atoms with Crippen LogP contribution in [0, 0.1) is 0 Å². The lowest BCUT2D eigenvalue weighted by molar-refractivity contribution is -0.134. The zero-order valence-corrected chi connectivity index (χ0v) is 9.48. The number of amides is 1. The number of carbonyl (C=O) groups excluding carboxylic acids is 1. The van der Waals surface area contributed by atoms with Crippen LogP contribution in [0.5, 0.6) is 0 Å². The summed E-state index contributed by atoms with van der Waals surface area (Å²) in [5.41, 5.74) is -0.0944. The van der Waals surface area contributed by atoms with Crippen LogP contribution < -0.4 is 0 Å². The van der Waals surface area contributed by atoms with Gasteiger partial charge in [-0.1, -0.05) is 0 Å². The molecule has 0 fully saturated rings. The largest absolute Gasteiger partial charge is 0.337 e. The third-order valence-corrected chi connectivity index (χ3v) is 1.97. The van der Waals surface area contributed by atoms with Crippen LogP contribution in [-0.4, -0.2) is 28.1 Å². The third kappa shape index (κ3) is 3.05. The van der Waals surface area contributed by atoms with Gasteiger partial charge in [-0.2, -0.15) is 12.6 Å². The Morgan fingerprint density at radius 2 is 1.92 bits per heavy atom. The van der Waals surface area contributed by atoms with Gasteiger partial charge in [-0.15, -0.1) is 0 Å². The third-order valence-electron chi connectivity index (χ3n) is 1.75. The minimum Gasteiger partial charge on any atom is -0.337 e. The summed E-state index contributed by atoms with van der Waals surface area (Å²) in [7, 11) is 0. The Hall–Kier alpha value is -0.180. The Morgan fingerprint density at radius 3 is 2.00 bits per heavy atom. The molecule has 0 radical (unpaired) electrons. The van der Waals surface area contributed by atoms with Gasteiger partial charge in [-0.05, 0) is 34.6 Å². The summed E-state index contributed by atoms with van der Waals surface area (Å²) in [6.45, 7) is 10.6. The molecule has 0 aromatic rings. The van der Waals surface area contributed by atoms with Crippen molar-refractivity contribution in [2.75, 3.05) is 6.54 Å². The molecule has 12 heavy (non-hydrogen) atoms. The fraction of sp³-hybridized carbons (Fsp3) is 0.889. The second-order valence-corrected chi connectivity index (χ2v) is 4.70. The van der Waals surface area contributed by atoms with Crippen LogP contribution in [0.3, 0.4) is 0 Å². The lowest BCUT2D eigenvalue weighted by Gasteiger charge is -2.35. The summed E-state index contributed by atoms with van der Waals surface area (Å²) in [4.78, 5) is 13.4. The van der Waals surface area contributed by atoms with Crippen molar-refractivity contribution in [3.8, 4) is 0 Å². The first-order valence-electron chi connectivity index (χ1n) is 4.30. The summed E-state index contributed by atoms with van der Waals surface area (Å²) in [5, 5.41) is -0.204. The van der Waals surface area contributed by atoms with Crippen molar-refractivity contribution in [1.29, 1.82) is 0 Å². The predicted octanol–water partition coefficient (Wildman–Crippen LogP) is 1.95. The summed E-state index contributed by atoms with van der Waals surface area (Å²) >= 11 is 4.13. The Morgan fingerprint density at radius 1 is 1.50 bits per heavy atom. The highest BCUT2D eigenvalue weighted by molar-refractivity contribution is 7.81. The molecule has 1 unspecified atom stereocenters. The molecule has 0 heterocycles. The van der Waals surface area contributed by atoms with E-state index in [1.54, 1.807) is 6.92 Å². The molecule has 0 saturated carbocycles. The molecule has 0 N–H and O–H groups in total. The molecule has 72 valence electrons. The highest BCUT2D eigenvalue weighted by atomic mass is 32.1. The van der Waals surface area contributed by atoms with Gasteiger partial charge in [0.1, 0.15) is 0 Å². The van der Waals surface area contributed by atoms with Gasteiger partial charge in [0.05, 0.1) is 5.25 Å². The molecular formula is C9H19NOS. The van der Waals surface area contributed by atoms with E-state index in [4.69, 9.17) is 0 Å². The number of carbonyl (C=O) groups is 1. The first-order valence-corrected chi connectivity index (χ1v) is 4.82. The van der Waals surface area contributed by atoms with Gasteiger partial charge < -0.3 is 4.90 Å². The number of hydrogen-bond donors (Lipinski definition) is 1. The second-order valence-electron chi connectivity index (χ2n) is 3.93. The van der Waals surface area contributed by atoms with Crippen LogP contribution >= 0.6 is 12.6 Å². The van der Waals surface area contributed by atoms with Gasteiger partial charge in [-0.3, -0.25) is 4.79 Å². The molecule has 0 spiro atoms. The van der Waals surface area contributed by atoms with Crippen molar-refractivity contribution in [3.63, 3.8) is 0 Å². The predicted molar refractivity (Wildman–Crippen MR) is 55.6 cm³/mol. The monoisotopic (exact) mass is 189 g/mol. The molecule has 0 aliphatic rings. The Labute approximate surface area is 80.7 Å². The molecule has 0 aromatic heterocycles. The van der Waals surface area contributed by atoms with E-state index in [0.717, 1.165) is 6.54 Å². The van der Waals surface area contributed by atoms with Gasteiger partial charge in [0.15, 0.2) is 0 Å². The summed E-state index contributed by atoms with van der Waals surface area (Å²) in [6, 6.07) is 0. The molecule has 0 bridgehead atoms. The van der Waals surface area contributed by atoms with E-state index in [9.17, 15) is 4.79 Å². The average molecular weight is 189 g/mol. The second kappa shape index (κ2) is 4.17. The van der Waals surface area contributed by atoms with E-state index in [1.807, 2.05) is 32.6 Å². The van der Waals surface area contributed by atoms with E-state index in [1.165, 1.54) is 0 Å². The maximum atomic E-state index is 11.6. The van der Waals surface area contributed by atoms with E-state index >= 15 is 0 Å². The van der Waals surface area contributed by atoms with Crippen LogP contribution in [0.1, 0.15) is 34.6 Å². The SMILES string of the molecule is CCN(C(=O)C(C)S)C(C)(C)C. The van der Waals surface area contributed by atoms with Gasteiger partial charge in [0, 0.05) is 12.1 Å². The van der Waals surface area contributed by atoms with Crippen LogP contribution in [0.2, 0.25) is 0 Å². The van der Waals surface area contributed by atoms with Crippen LogP contribution in [0.4, 0.5) is 0 Å². The summed E-state index contributed by atoms with van der Waals surface area (Å²) in [5.74, 6) is 0.105. The Bertz CT molecular complexity index is 160. The van der Waals surface area contributed by atoms with Crippen molar-refractivity contribution in [2.45, 2.75) is 45.4 Å². The molecule has 0 aromatic carbocycles. The van der Waals surface area contributed by atoms with Crippen molar-refractivity contribution in [1.82, 2.24) is 4.90 Å². The van der Waals surface area contributed by atoms with Crippen LogP contribution in [0.15, 0.2) is 0 Å². The maximum absolute atomic E-state index is 11.6. The average Bonchev–Trinajstić information content (AvgIpc) is 1.85. The first kappa shape index (κ1) is 11.8. The van der Waals surface area contributed by atoms with Gasteiger partial charge in [0.2, 0.25) is 5.91 Å². The lowest BCUT2D eigenvalue weighted by Crippen LogP contribution is -2.48. The first-order chi connectivity index (χ1) is 5.30. The number of nitrogens with zero attached hydrogens (tertiary/aromatic N) is 1. The maximum Gasteiger partial charge on any atom is 0.235 e. The molecule has 0 aliphatic heterocycles. The highest BCUT2D eigenvalue weighted by Crippen LogP contribution is 2.15. The van der Waals surface area contributed by atoms with E-state index in [0.29, 0.717) is 0 Å². The normalized spacial score (nSPS) is 14.2. The van der Waals surface area contributed by atoms with Gasteiger partial charge >= 0.3 is 0 Å². The molecule has 3 heteroatoms. The zero-order chi connectivity index (χ0) is 9.94. The quantitative estimate of drug-likeness (QED) is 0.658. The molecular weight excluding hydrogens is 170 g/mol. The molecule has 0 aliphatic carbocycles. The number of thiol groups is 1. The van der Waals surface area contributed by atoms with E-state index < -0.39 is 0 Å². The Kier molecular flexibility index (Phi) is 4.11. The fourth-order valence-electron chi connectivity index (χ4n) is 1.19. The minimum atomic E-state index is -0.204. The van der Waals surface area contributed by atoms with Gasteiger partial charge in [0.25, 0.3) is 0 Å². The number of rotatable bonds is 2. The van der Waals surface area contributed by atoms with Crippen molar-refractivity contribution in [2.24, 2.45) is 0 Å². The van der Waals surface area contributed by atoms with Crippen LogP contribution in [-0.2, 0) is 4.79 Å². The summed E-state index contributed by atoms with van der Waals surface area (Å²) in [6.07, 6.45) is 0. The van der Waals surface area contributed by atoms with Crippen molar-refractivity contribution in [3.05, 3.63) is 0 Å². The molecule has 2 nitrogen and oxygen atoms in total. The van der Waals surface area contributed by atoms with Crippen molar-refractivity contribution >= 4 is 18.5 Å². The smallest absolute Gasteiger partial charge is 0.235 e. The summed E-state index contributed by atoms with van der Waals surface area (Å²) < 4.78 is 0. The van der Waals surface area contributed by atoms with Crippen molar-refractivity contribution < 1.29 is 4.79 Å². The molecule has 1 atom stereocenters. The molecule has 0 saturated heterocycles. The Balaban J connectivity index is 4.47. The highest BCUT2D eigenvalue weighted by Gasteiger charge is 2.26. The topological polar surface area (TPSA) is 20.3 Å². The van der Waals surface area contributed by atoms with E-state index in [2.05, 4.69) is 12.6 Å². The fourth-order valence-corrected chi connectivity index (χ4v) is 1.33. The van der Waals surface area contributed by atoms with Crippen LogP contribution in [0.25, 0.3) is 0 Å². The zero-order valence-electron chi connectivity index (χ0n) is 8.59. The standard InChI is InChI=1S/C9H19NOS/c1-6-10(9(3,4)5)8(11)7(2)12/h7,12H,6H2,1-5H3. The minimum absolute atomic E-state index is 0.0944. The van der Waals surface area contributed by atoms with E-state index in [-0.39, 0.29) is 16.7 Å². The lowest BCUT2D eigenvalue weighted by atomic mass is 10.1.